The van der Waals surface area contributed by atoms with Gasteiger partial charge in [-0.25, -0.2) is 0 Å². The van der Waals surface area contributed by atoms with E-state index in [-0.39, 0.29) is 0 Å². The Morgan fingerprint density at radius 2 is 1.94 bits per heavy atom. The Bertz CT molecular complexity index is 567. The third-order valence-corrected chi connectivity index (χ3v) is 3.11. The van der Waals surface area contributed by atoms with Gasteiger partial charge in [-0.1, -0.05) is 37.0 Å². The van der Waals surface area contributed by atoms with Crippen molar-refractivity contribution < 1.29 is 0 Å². The Morgan fingerprint density at radius 1 is 1.24 bits per heavy atom. The number of anilines is 1. The lowest BCUT2D eigenvalue weighted by Crippen LogP contribution is -2.09. The summed E-state index contributed by atoms with van der Waals surface area (Å²) in [5, 5.41) is 1.91. The van der Waals surface area contributed by atoms with Crippen LogP contribution in [0.25, 0.3) is 10.9 Å². The van der Waals surface area contributed by atoms with Crippen molar-refractivity contribution in [1.29, 1.82) is 0 Å². The largest absolute Gasteiger partial charge is 0.323 e. The van der Waals surface area contributed by atoms with E-state index in [0.29, 0.717) is 16.0 Å². The number of hydrogen-bond acceptors (Lipinski definition) is 3. The first-order valence-electron chi connectivity index (χ1n) is 5.29. The van der Waals surface area contributed by atoms with Gasteiger partial charge in [-0.15, -0.1) is 0 Å². The topological polar surface area (TPSA) is 50.9 Å². The minimum Gasteiger partial charge on any atom is -0.323 e. The molecule has 0 aliphatic carbocycles. The lowest BCUT2D eigenvalue weighted by molar-refractivity contribution is 0.830. The number of hydrogen-bond donors (Lipinski definition) is 2. The van der Waals surface area contributed by atoms with Crippen molar-refractivity contribution in [2.75, 3.05) is 5.43 Å². The second-order valence-corrected chi connectivity index (χ2v) is 5.02. The lowest BCUT2D eigenvalue weighted by atomic mass is 10.1. The average molecular weight is 270 g/mol. The van der Waals surface area contributed by atoms with Gasteiger partial charge in [0.2, 0.25) is 0 Å². The van der Waals surface area contributed by atoms with Crippen molar-refractivity contribution in [2.45, 2.75) is 19.8 Å². The first kappa shape index (κ1) is 12.4. The van der Waals surface area contributed by atoms with E-state index in [4.69, 9.17) is 29.0 Å². The monoisotopic (exact) mass is 269 g/mol. The smallest absolute Gasteiger partial charge is 0.0756 e. The standard InChI is InChI=1S/C12H13Cl2N3/c1-6(2)9-5-11(17-15)12-8(14)3-7(13)4-10(12)16-9/h3-6H,15H2,1-2H3,(H,16,17). The van der Waals surface area contributed by atoms with Gasteiger partial charge in [0.05, 0.1) is 16.2 Å². The van der Waals surface area contributed by atoms with E-state index in [9.17, 15) is 0 Å². The van der Waals surface area contributed by atoms with Gasteiger partial charge in [-0.3, -0.25) is 10.8 Å². The van der Waals surface area contributed by atoms with Crippen molar-refractivity contribution in [1.82, 2.24) is 4.98 Å². The molecule has 0 aliphatic rings. The highest BCUT2D eigenvalue weighted by molar-refractivity contribution is 6.39. The molecule has 0 amide bonds. The quantitative estimate of drug-likeness (QED) is 0.641. The second-order valence-electron chi connectivity index (χ2n) is 4.18. The molecule has 17 heavy (non-hydrogen) atoms. The number of aromatic nitrogens is 1. The fourth-order valence-electron chi connectivity index (χ4n) is 1.72. The van der Waals surface area contributed by atoms with Crippen LogP contribution in [0, 0.1) is 0 Å². The highest BCUT2D eigenvalue weighted by Gasteiger charge is 2.11. The number of nitrogens with zero attached hydrogens (tertiary/aromatic N) is 1. The molecule has 1 aromatic carbocycles. The summed E-state index contributed by atoms with van der Waals surface area (Å²) in [6, 6.07) is 5.38. The third kappa shape index (κ3) is 2.32. The predicted octanol–water partition coefficient (Wildman–Crippen LogP) is 3.95. The van der Waals surface area contributed by atoms with Gasteiger partial charge >= 0.3 is 0 Å². The van der Waals surface area contributed by atoms with Crippen molar-refractivity contribution in [3.05, 3.63) is 33.9 Å². The van der Waals surface area contributed by atoms with Gasteiger partial charge in [0.25, 0.3) is 0 Å². The maximum atomic E-state index is 6.16. The number of nitrogens with two attached hydrogens (primary N) is 1. The summed E-state index contributed by atoms with van der Waals surface area (Å²) >= 11 is 12.1. The van der Waals surface area contributed by atoms with Crippen LogP contribution in [0.5, 0.6) is 0 Å². The Kier molecular flexibility index (Phi) is 3.43. The van der Waals surface area contributed by atoms with Crippen molar-refractivity contribution >= 4 is 39.8 Å². The molecule has 1 heterocycles. The number of fused-ring (bicyclic) bond motifs is 1. The van der Waals surface area contributed by atoms with Crippen LogP contribution < -0.4 is 11.3 Å². The molecule has 0 unspecified atom stereocenters. The minimum absolute atomic E-state index is 0.309. The first-order chi connectivity index (χ1) is 8.02. The molecular weight excluding hydrogens is 257 g/mol. The van der Waals surface area contributed by atoms with E-state index < -0.39 is 0 Å². The van der Waals surface area contributed by atoms with Gasteiger partial charge in [-0.2, -0.15) is 0 Å². The summed E-state index contributed by atoms with van der Waals surface area (Å²) in [5.74, 6) is 5.83. The van der Waals surface area contributed by atoms with E-state index in [1.54, 1.807) is 12.1 Å². The SMILES string of the molecule is CC(C)c1cc(NN)c2c(Cl)cc(Cl)cc2n1. The first-order valence-corrected chi connectivity index (χ1v) is 6.05. The van der Waals surface area contributed by atoms with Crippen LogP contribution in [-0.2, 0) is 0 Å². The molecule has 0 fully saturated rings. The maximum absolute atomic E-state index is 6.16. The molecule has 90 valence electrons. The number of pyridine rings is 1. The number of nitrogens with one attached hydrogen (secondary N) is 1. The zero-order chi connectivity index (χ0) is 12.6. The highest BCUT2D eigenvalue weighted by Crippen LogP contribution is 2.33. The highest BCUT2D eigenvalue weighted by atomic mass is 35.5. The fraction of sp³-hybridized carbons (Fsp3) is 0.250. The fourth-order valence-corrected chi connectivity index (χ4v) is 2.30. The van der Waals surface area contributed by atoms with Crippen LogP contribution in [0.1, 0.15) is 25.5 Å². The lowest BCUT2D eigenvalue weighted by Gasteiger charge is -2.12. The van der Waals surface area contributed by atoms with Crippen molar-refractivity contribution in [3.63, 3.8) is 0 Å². The molecule has 0 atom stereocenters. The molecule has 0 saturated carbocycles. The summed E-state index contributed by atoms with van der Waals surface area (Å²) in [5.41, 5.74) is 5.12. The normalized spacial score (nSPS) is 11.2. The molecule has 0 spiro atoms. The molecule has 3 N–H and O–H groups in total. The van der Waals surface area contributed by atoms with Crippen LogP contribution in [0.15, 0.2) is 18.2 Å². The number of rotatable bonds is 2. The van der Waals surface area contributed by atoms with E-state index in [0.717, 1.165) is 22.3 Å². The zero-order valence-corrected chi connectivity index (χ0v) is 11.1. The van der Waals surface area contributed by atoms with Crippen LogP contribution in [-0.4, -0.2) is 4.98 Å². The second kappa shape index (κ2) is 4.69. The van der Waals surface area contributed by atoms with Crippen LogP contribution in [0.3, 0.4) is 0 Å². The van der Waals surface area contributed by atoms with Gasteiger partial charge in [-0.05, 0) is 24.1 Å². The van der Waals surface area contributed by atoms with Gasteiger partial charge < -0.3 is 5.43 Å². The molecule has 0 saturated heterocycles. The number of halogens is 2. The Hall–Kier alpha value is -1.03. The van der Waals surface area contributed by atoms with Crippen molar-refractivity contribution in [2.24, 2.45) is 5.84 Å². The molecule has 0 aliphatic heterocycles. The van der Waals surface area contributed by atoms with Gasteiger partial charge in [0.15, 0.2) is 0 Å². The van der Waals surface area contributed by atoms with E-state index >= 15 is 0 Å². The summed E-state index contributed by atoms with van der Waals surface area (Å²) in [6.07, 6.45) is 0. The molecule has 1 aromatic heterocycles. The Labute approximate surface area is 110 Å². The molecule has 3 nitrogen and oxygen atoms in total. The Balaban J connectivity index is 2.82. The number of benzene rings is 1. The third-order valence-electron chi connectivity index (χ3n) is 2.59. The van der Waals surface area contributed by atoms with Gasteiger partial charge in [0.1, 0.15) is 0 Å². The maximum Gasteiger partial charge on any atom is 0.0756 e. The van der Waals surface area contributed by atoms with Crippen LogP contribution >= 0.6 is 23.2 Å². The summed E-state index contributed by atoms with van der Waals surface area (Å²) < 4.78 is 0. The van der Waals surface area contributed by atoms with E-state index in [1.807, 2.05) is 6.07 Å². The van der Waals surface area contributed by atoms with Crippen LogP contribution in [0.4, 0.5) is 5.69 Å². The zero-order valence-electron chi connectivity index (χ0n) is 9.59. The summed E-state index contributed by atoms with van der Waals surface area (Å²) in [7, 11) is 0. The van der Waals surface area contributed by atoms with Crippen molar-refractivity contribution in [3.8, 4) is 0 Å². The van der Waals surface area contributed by atoms with Gasteiger partial charge in [0, 0.05) is 16.1 Å². The summed E-state index contributed by atoms with van der Waals surface area (Å²) in [6.45, 7) is 4.14. The van der Waals surface area contributed by atoms with Crippen LogP contribution in [0.2, 0.25) is 10.0 Å². The minimum atomic E-state index is 0.309. The molecular formula is C12H13Cl2N3. The molecule has 0 bridgehead atoms. The number of hydrazine groups is 1. The molecule has 5 heteroatoms. The van der Waals surface area contributed by atoms with E-state index in [2.05, 4.69) is 24.3 Å². The van der Waals surface area contributed by atoms with E-state index in [1.165, 1.54) is 0 Å². The average Bonchev–Trinajstić information content (AvgIpc) is 2.26. The predicted molar refractivity (Wildman–Crippen MR) is 73.7 cm³/mol. The number of nitrogen functional groups attached to an aromatic ring is 1. The molecule has 2 aromatic rings. The Morgan fingerprint density at radius 3 is 2.53 bits per heavy atom. The summed E-state index contributed by atoms with van der Waals surface area (Å²) in [4.78, 5) is 4.54. The molecule has 0 radical (unpaired) electrons. The molecule has 2 rings (SSSR count).